The van der Waals surface area contributed by atoms with Crippen molar-refractivity contribution in [3.05, 3.63) is 60.2 Å². The van der Waals surface area contributed by atoms with Crippen LogP contribution in [0.4, 0.5) is 11.4 Å². The molecule has 25 heavy (non-hydrogen) atoms. The van der Waals surface area contributed by atoms with Gasteiger partial charge in [0.1, 0.15) is 14.1 Å². The van der Waals surface area contributed by atoms with E-state index in [1.165, 1.54) is 0 Å². The molecule has 0 unspecified atom stereocenters. The molecule has 0 radical (unpaired) electrons. The van der Waals surface area contributed by atoms with Gasteiger partial charge in [-0.25, -0.2) is 0 Å². The third kappa shape index (κ3) is 5.57. The number of hydrogen-bond acceptors (Lipinski definition) is 2. The van der Waals surface area contributed by atoms with E-state index in [0.29, 0.717) is 6.42 Å². The van der Waals surface area contributed by atoms with Crippen molar-refractivity contribution in [2.45, 2.75) is 45.3 Å². The van der Waals surface area contributed by atoms with Gasteiger partial charge in [-0.3, -0.25) is 0 Å². The van der Waals surface area contributed by atoms with E-state index < -0.39 is 8.07 Å². The summed E-state index contributed by atoms with van der Waals surface area (Å²) in [5, 5.41) is 0.278. The van der Waals surface area contributed by atoms with Gasteiger partial charge in [-0.1, -0.05) is 70.3 Å². The highest BCUT2D eigenvalue weighted by atomic mass is 28.3. The van der Waals surface area contributed by atoms with Crippen molar-refractivity contribution >= 4 is 25.5 Å². The molecule has 0 atom stereocenters. The standard InChI is InChI=1S/C22H26N2Si/c1-22(2,3)25(4,5)17-11-13-19-12-9-10-16-21(19)24-18-23-20-14-7-6-8-15-20/h6-10,12,14-16H,13H2,1-5H3. The number of benzene rings is 2. The first-order valence-electron chi connectivity index (χ1n) is 8.59. The van der Waals surface area contributed by atoms with Crippen LogP contribution in [0.3, 0.4) is 0 Å². The van der Waals surface area contributed by atoms with Crippen molar-refractivity contribution in [2.75, 3.05) is 0 Å². The second kappa shape index (κ2) is 8.12. The zero-order valence-electron chi connectivity index (χ0n) is 15.8. The maximum Gasteiger partial charge on any atom is 0.137 e. The summed E-state index contributed by atoms with van der Waals surface area (Å²) in [6, 6.07) is 20.6. The maximum absolute atomic E-state index is 4.39. The van der Waals surface area contributed by atoms with E-state index in [9.17, 15) is 0 Å². The quantitative estimate of drug-likeness (QED) is 0.348. The van der Waals surface area contributed by atoms with E-state index in [1.807, 2.05) is 48.5 Å². The summed E-state index contributed by atoms with van der Waals surface area (Å²) in [5.74, 6) is 3.39. The first-order chi connectivity index (χ1) is 11.8. The Labute approximate surface area is 152 Å². The van der Waals surface area contributed by atoms with Gasteiger partial charge in [0.2, 0.25) is 0 Å². The predicted octanol–water partition coefficient (Wildman–Crippen LogP) is 6.42. The molecule has 0 bridgehead atoms. The zero-order valence-corrected chi connectivity index (χ0v) is 16.8. The Morgan fingerprint density at radius 1 is 0.880 bits per heavy atom. The monoisotopic (exact) mass is 346 g/mol. The van der Waals surface area contributed by atoms with Crippen molar-refractivity contribution in [3.63, 3.8) is 0 Å². The van der Waals surface area contributed by atoms with Crippen LogP contribution in [-0.2, 0) is 6.42 Å². The number of rotatable bonds is 3. The van der Waals surface area contributed by atoms with Gasteiger partial charge in [0.05, 0.1) is 11.4 Å². The topological polar surface area (TPSA) is 24.7 Å². The first kappa shape index (κ1) is 18.9. The second-order valence-corrected chi connectivity index (χ2v) is 12.6. The fourth-order valence-electron chi connectivity index (χ4n) is 1.96. The van der Waals surface area contributed by atoms with Gasteiger partial charge in [0, 0.05) is 6.42 Å². The highest BCUT2D eigenvalue weighted by Gasteiger charge is 2.33. The van der Waals surface area contributed by atoms with Crippen LogP contribution in [0.15, 0.2) is 64.6 Å². The molecule has 2 aromatic carbocycles. The lowest BCUT2D eigenvalue weighted by Gasteiger charge is -2.31. The molecule has 0 N–H and O–H groups in total. The van der Waals surface area contributed by atoms with Gasteiger partial charge in [0.15, 0.2) is 0 Å². The Balaban J connectivity index is 2.18. The van der Waals surface area contributed by atoms with E-state index in [1.54, 1.807) is 0 Å². The van der Waals surface area contributed by atoms with E-state index >= 15 is 0 Å². The summed E-state index contributed by atoms with van der Waals surface area (Å²) in [6.45, 7) is 11.5. The molecule has 0 spiro atoms. The molecule has 2 aromatic rings. The number of nitrogens with zero attached hydrogens (tertiary/aromatic N) is 2. The number of hydrogen-bond donors (Lipinski definition) is 0. The van der Waals surface area contributed by atoms with Crippen LogP contribution in [-0.4, -0.2) is 14.1 Å². The lowest BCUT2D eigenvalue weighted by atomic mass is 10.1. The highest BCUT2D eigenvalue weighted by molar-refractivity contribution is 6.87. The van der Waals surface area contributed by atoms with E-state index in [4.69, 9.17) is 0 Å². The van der Waals surface area contributed by atoms with Gasteiger partial charge in [-0.2, -0.15) is 9.98 Å². The molecule has 3 heteroatoms. The van der Waals surface area contributed by atoms with Crippen LogP contribution in [0.2, 0.25) is 18.1 Å². The lowest BCUT2D eigenvalue weighted by molar-refractivity contribution is 0.731. The van der Waals surface area contributed by atoms with Crippen LogP contribution in [0.1, 0.15) is 26.3 Å². The van der Waals surface area contributed by atoms with Gasteiger partial charge in [-0.05, 0) is 28.8 Å². The second-order valence-electron chi connectivity index (χ2n) is 7.64. The molecule has 0 aliphatic carbocycles. The average molecular weight is 347 g/mol. The minimum Gasteiger partial charge on any atom is -0.188 e. The minimum atomic E-state index is -1.57. The first-order valence-corrected chi connectivity index (χ1v) is 11.6. The fraction of sp³-hybridized carbons (Fsp3) is 0.318. The van der Waals surface area contributed by atoms with Gasteiger partial charge < -0.3 is 0 Å². The summed E-state index contributed by atoms with van der Waals surface area (Å²) in [6.07, 6.45) is 0.708. The number of para-hydroxylation sites is 2. The largest absolute Gasteiger partial charge is 0.188 e. The molecule has 0 heterocycles. The van der Waals surface area contributed by atoms with Gasteiger partial charge in [-0.15, -0.1) is 11.5 Å². The molecule has 2 rings (SSSR count). The number of aliphatic imine (C=N–C) groups is 2. The minimum absolute atomic E-state index is 0.278. The third-order valence-corrected chi connectivity index (χ3v) is 9.20. The van der Waals surface area contributed by atoms with Crippen LogP contribution >= 0.6 is 0 Å². The zero-order chi connectivity index (χ0) is 18.3. The Hall–Kier alpha value is -2.40. The van der Waals surface area contributed by atoms with Gasteiger partial charge >= 0.3 is 0 Å². The molecule has 0 amide bonds. The predicted molar refractivity (Wildman–Crippen MR) is 111 cm³/mol. The molecular formula is C22H26N2Si. The molecule has 0 aliphatic rings. The van der Waals surface area contributed by atoms with Crippen molar-refractivity contribution in [1.82, 2.24) is 0 Å². The molecule has 128 valence electrons. The normalized spacial score (nSPS) is 11.1. The van der Waals surface area contributed by atoms with Crippen LogP contribution in [0.25, 0.3) is 0 Å². The van der Waals surface area contributed by atoms with Crippen molar-refractivity contribution in [1.29, 1.82) is 0 Å². The summed E-state index contributed by atoms with van der Waals surface area (Å²) < 4.78 is 0. The third-order valence-electron chi connectivity index (χ3n) is 4.65. The summed E-state index contributed by atoms with van der Waals surface area (Å²) in [7, 11) is -1.57. The highest BCUT2D eigenvalue weighted by Crippen LogP contribution is 2.35. The Morgan fingerprint density at radius 3 is 2.20 bits per heavy atom. The molecule has 0 saturated carbocycles. The maximum atomic E-state index is 4.39. The van der Waals surface area contributed by atoms with Crippen LogP contribution < -0.4 is 0 Å². The smallest absolute Gasteiger partial charge is 0.137 e. The summed E-state index contributed by atoms with van der Waals surface area (Å²) in [5.41, 5.74) is 6.41. The SMILES string of the molecule is CC(C)(C)[Si](C)(C)C#CCc1ccccc1N=C=Nc1ccccc1. The molecule has 0 aromatic heterocycles. The van der Waals surface area contributed by atoms with Crippen molar-refractivity contribution in [3.8, 4) is 11.5 Å². The molecule has 0 aliphatic heterocycles. The Morgan fingerprint density at radius 2 is 1.52 bits per heavy atom. The molecule has 2 nitrogen and oxygen atoms in total. The van der Waals surface area contributed by atoms with E-state index in [0.717, 1.165) is 16.9 Å². The van der Waals surface area contributed by atoms with Crippen LogP contribution in [0, 0.1) is 11.5 Å². The summed E-state index contributed by atoms with van der Waals surface area (Å²) in [4.78, 5) is 8.64. The molecular weight excluding hydrogens is 320 g/mol. The van der Waals surface area contributed by atoms with Gasteiger partial charge in [0.25, 0.3) is 0 Å². The van der Waals surface area contributed by atoms with Crippen molar-refractivity contribution in [2.24, 2.45) is 9.98 Å². The van der Waals surface area contributed by atoms with Crippen molar-refractivity contribution < 1.29 is 0 Å². The Kier molecular flexibility index (Phi) is 6.15. The molecule has 0 saturated heterocycles. The Bertz CT molecular complexity index is 828. The van der Waals surface area contributed by atoms with E-state index in [-0.39, 0.29) is 5.04 Å². The summed E-state index contributed by atoms with van der Waals surface area (Å²) >= 11 is 0. The van der Waals surface area contributed by atoms with Crippen LogP contribution in [0.5, 0.6) is 0 Å². The average Bonchev–Trinajstić information content (AvgIpc) is 2.56. The van der Waals surface area contributed by atoms with E-state index in [2.05, 4.69) is 67.4 Å². The fourth-order valence-corrected chi connectivity index (χ4v) is 2.86. The molecule has 0 fully saturated rings. The lowest BCUT2D eigenvalue weighted by Crippen LogP contribution is -2.35.